The molecule has 0 radical (unpaired) electrons. The normalized spacial score (nSPS) is 10.7. The third kappa shape index (κ3) is 6.90. The molecule has 6 heteroatoms. The van der Waals surface area contributed by atoms with E-state index in [9.17, 15) is 10.1 Å². The topological polar surface area (TPSA) is 70.8 Å². The molecule has 0 unspecified atom stereocenters. The molecular formula is C17H19NO5. The van der Waals surface area contributed by atoms with Crippen LogP contribution in [0.25, 0.3) is 0 Å². The van der Waals surface area contributed by atoms with E-state index in [4.69, 9.17) is 9.47 Å². The number of nitrogens with zero attached hydrogens (tertiary/aromatic N) is 1. The summed E-state index contributed by atoms with van der Waals surface area (Å²) in [6.45, 7) is 0.920. The van der Waals surface area contributed by atoms with Crippen LogP contribution in [0.2, 0.25) is 0 Å². The van der Waals surface area contributed by atoms with Crippen molar-refractivity contribution in [2.24, 2.45) is 0 Å². The molecule has 2 aromatic rings. The molecule has 0 fully saturated rings. The van der Waals surface area contributed by atoms with E-state index < -0.39 is 11.2 Å². The van der Waals surface area contributed by atoms with E-state index in [1.54, 1.807) is 0 Å². The van der Waals surface area contributed by atoms with E-state index in [1.165, 1.54) is 0 Å². The van der Waals surface area contributed by atoms with E-state index in [-0.39, 0.29) is 13.2 Å². The first-order valence-corrected chi connectivity index (χ1v) is 7.28. The van der Waals surface area contributed by atoms with Crippen LogP contribution in [-0.2, 0) is 27.5 Å². The van der Waals surface area contributed by atoms with Crippen molar-refractivity contribution >= 4 is 0 Å². The van der Waals surface area contributed by atoms with Gasteiger partial charge in [-0.1, -0.05) is 60.7 Å². The number of hydrogen-bond donors (Lipinski definition) is 0. The summed E-state index contributed by atoms with van der Waals surface area (Å²) in [4.78, 5) is 15.1. The van der Waals surface area contributed by atoms with Crippen molar-refractivity contribution in [3.63, 3.8) is 0 Å². The zero-order valence-corrected chi connectivity index (χ0v) is 12.7. The molecule has 0 aliphatic rings. The Labute approximate surface area is 134 Å². The van der Waals surface area contributed by atoms with Crippen LogP contribution in [0.1, 0.15) is 11.1 Å². The molecule has 2 rings (SSSR count). The predicted octanol–water partition coefficient (Wildman–Crippen LogP) is 3.00. The molecule has 0 saturated heterocycles. The maximum atomic E-state index is 10.5. The number of rotatable bonds is 10. The number of hydrogen-bond acceptors (Lipinski definition) is 5. The van der Waals surface area contributed by atoms with Gasteiger partial charge in [0, 0.05) is 0 Å². The van der Waals surface area contributed by atoms with Gasteiger partial charge in [-0.15, -0.1) is 10.1 Å². The number of ether oxygens (including phenoxy) is 2. The van der Waals surface area contributed by atoms with Crippen LogP contribution in [0.15, 0.2) is 60.7 Å². The summed E-state index contributed by atoms with van der Waals surface area (Å²) >= 11 is 0. The molecule has 0 heterocycles. The summed E-state index contributed by atoms with van der Waals surface area (Å²) in [6, 6.07) is 19.2. The Bertz CT molecular complexity index is 531. The summed E-state index contributed by atoms with van der Waals surface area (Å²) < 4.78 is 11.0. The van der Waals surface area contributed by atoms with Crippen LogP contribution in [-0.4, -0.2) is 24.4 Å². The largest absolute Gasteiger partial charge is 0.374 e. The third-order valence-corrected chi connectivity index (χ3v) is 3.07. The van der Waals surface area contributed by atoms with Crippen LogP contribution in [0.4, 0.5) is 0 Å². The van der Waals surface area contributed by atoms with E-state index in [2.05, 4.69) is 4.84 Å². The molecule has 0 atom stereocenters. The lowest BCUT2D eigenvalue weighted by Crippen LogP contribution is -2.28. The van der Waals surface area contributed by atoms with Gasteiger partial charge in [-0.3, -0.25) is 0 Å². The summed E-state index contributed by atoms with van der Waals surface area (Å²) in [6.07, 6.45) is -0.752. The van der Waals surface area contributed by atoms with Gasteiger partial charge in [0.15, 0.2) is 6.10 Å². The van der Waals surface area contributed by atoms with Crippen molar-refractivity contribution in [2.45, 2.75) is 19.3 Å². The standard InChI is InChI=1S/C17H19NO5/c19-18(20)23-17(13-21-11-15-7-3-1-4-8-15)14-22-12-16-9-5-2-6-10-16/h1-10,17H,11-14H2. The van der Waals surface area contributed by atoms with Gasteiger partial charge in [-0.25, -0.2) is 0 Å². The van der Waals surface area contributed by atoms with E-state index in [1.807, 2.05) is 60.7 Å². The molecule has 0 spiro atoms. The summed E-state index contributed by atoms with van der Waals surface area (Å²) in [5.74, 6) is 0. The van der Waals surface area contributed by atoms with Crippen molar-refractivity contribution in [3.05, 3.63) is 81.9 Å². The molecule has 6 nitrogen and oxygen atoms in total. The fourth-order valence-electron chi connectivity index (χ4n) is 2.00. The molecular weight excluding hydrogens is 298 g/mol. The highest BCUT2D eigenvalue weighted by atomic mass is 17.0. The molecule has 0 aliphatic carbocycles. The SMILES string of the molecule is O=[N+]([O-])OC(COCc1ccccc1)COCc1ccccc1. The molecule has 0 N–H and O–H groups in total. The second-order valence-corrected chi connectivity index (χ2v) is 4.95. The first-order valence-electron chi connectivity index (χ1n) is 7.28. The maximum absolute atomic E-state index is 10.5. The second kappa shape index (κ2) is 9.55. The van der Waals surface area contributed by atoms with Crippen LogP contribution < -0.4 is 0 Å². The minimum absolute atomic E-state index is 0.0880. The zero-order chi connectivity index (χ0) is 16.3. The second-order valence-electron chi connectivity index (χ2n) is 4.95. The van der Waals surface area contributed by atoms with Crippen LogP contribution >= 0.6 is 0 Å². The highest BCUT2D eigenvalue weighted by Gasteiger charge is 2.14. The Morgan fingerprint density at radius 3 is 1.65 bits per heavy atom. The zero-order valence-electron chi connectivity index (χ0n) is 12.7. The fraction of sp³-hybridized carbons (Fsp3) is 0.294. The van der Waals surface area contributed by atoms with Crippen molar-refractivity contribution in [1.82, 2.24) is 0 Å². The molecule has 122 valence electrons. The highest BCUT2D eigenvalue weighted by molar-refractivity contribution is 5.14. The minimum Gasteiger partial charge on any atom is -0.374 e. The Hall–Kier alpha value is -2.44. The smallest absolute Gasteiger partial charge is 0.294 e. The molecule has 23 heavy (non-hydrogen) atoms. The Balaban J connectivity index is 1.74. The number of benzene rings is 2. The quantitative estimate of drug-likeness (QED) is 0.497. The molecule has 0 bridgehead atoms. The highest BCUT2D eigenvalue weighted by Crippen LogP contribution is 2.05. The molecule has 2 aromatic carbocycles. The lowest BCUT2D eigenvalue weighted by atomic mass is 10.2. The summed E-state index contributed by atoms with van der Waals surface area (Å²) in [7, 11) is 0. The van der Waals surface area contributed by atoms with Crippen LogP contribution in [0.3, 0.4) is 0 Å². The summed E-state index contributed by atoms with van der Waals surface area (Å²) in [5, 5.41) is 9.73. The fourth-order valence-corrected chi connectivity index (χ4v) is 2.00. The molecule has 0 aliphatic heterocycles. The first kappa shape index (κ1) is 16.9. The van der Waals surface area contributed by atoms with Crippen molar-refractivity contribution in [2.75, 3.05) is 13.2 Å². The van der Waals surface area contributed by atoms with E-state index in [0.717, 1.165) is 11.1 Å². The average molecular weight is 317 g/mol. The van der Waals surface area contributed by atoms with Gasteiger partial charge in [-0.05, 0) is 11.1 Å². The Kier molecular flexibility index (Phi) is 7.03. The molecule has 0 aromatic heterocycles. The van der Waals surface area contributed by atoms with Gasteiger partial charge in [-0.2, -0.15) is 0 Å². The van der Waals surface area contributed by atoms with Crippen LogP contribution in [0, 0.1) is 10.1 Å². The maximum Gasteiger partial charge on any atom is 0.294 e. The predicted molar refractivity (Wildman–Crippen MR) is 84.1 cm³/mol. The molecule has 0 amide bonds. The van der Waals surface area contributed by atoms with Gasteiger partial charge in [0.05, 0.1) is 26.4 Å². The van der Waals surface area contributed by atoms with Crippen molar-refractivity contribution in [1.29, 1.82) is 0 Å². The van der Waals surface area contributed by atoms with E-state index >= 15 is 0 Å². The monoisotopic (exact) mass is 317 g/mol. The molecule has 0 saturated carbocycles. The van der Waals surface area contributed by atoms with Gasteiger partial charge >= 0.3 is 0 Å². The Morgan fingerprint density at radius 1 is 0.826 bits per heavy atom. The minimum atomic E-state index is -0.817. The lowest BCUT2D eigenvalue weighted by molar-refractivity contribution is -0.769. The van der Waals surface area contributed by atoms with Gasteiger partial charge < -0.3 is 14.3 Å². The van der Waals surface area contributed by atoms with E-state index in [0.29, 0.717) is 13.2 Å². The Morgan fingerprint density at radius 2 is 1.26 bits per heavy atom. The van der Waals surface area contributed by atoms with Gasteiger partial charge in [0.2, 0.25) is 0 Å². The third-order valence-electron chi connectivity index (χ3n) is 3.07. The van der Waals surface area contributed by atoms with Crippen LogP contribution in [0.5, 0.6) is 0 Å². The van der Waals surface area contributed by atoms with Gasteiger partial charge in [0.1, 0.15) is 0 Å². The summed E-state index contributed by atoms with van der Waals surface area (Å²) in [5.41, 5.74) is 2.00. The van der Waals surface area contributed by atoms with Crippen molar-refractivity contribution in [3.8, 4) is 0 Å². The first-order chi connectivity index (χ1) is 11.2. The van der Waals surface area contributed by atoms with Gasteiger partial charge in [0.25, 0.3) is 5.09 Å². The van der Waals surface area contributed by atoms with Crippen molar-refractivity contribution < 1.29 is 19.4 Å². The average Bonchev–Trinajstić information content (AvgIpc) is 2.56. The lowest BCUT2D eigenvalue weighted by Gasteiger charge is -2.15.